The number of aromatic nitrogens is 3. The van der Waals surface area contributed by atoms with Gasteiger partial charge in [0.2, 0.25) is 15.2 Å². The van der Waals surface area contributed by atoms with Crippen LogP contribution in [0.15, 0.2) is 58.6 Å². The summed E-state index contributed by atoms with van der Waals surface area (Å²) in [5, 5.41) is 8.56. The zero-order valence-electron chi connectivity index (χ0n) is 16.1. The Labute approximate surface area is 173 Å². The van der Waals surface area contributed by atoms with E-state index in [0.29, 0.717) is 41.0 Å². The molecule has 0 aliphatic carbocycles. The molecule has 0 atom stereocenters. The molecule has 0 bridgehead atoms. The van der Waals surface area contributed by atoms with Gasteiger partial charge < -0.3 is 5.84 Å². The monoisotopic (exact) mass is 435 g/mol. The molecule has 29 heavy (non-hydrogen) atoms. The third-order valence-electron chi connectivity index (χ3n) is 4.41. The lowest BCUT2D eigenvalue weighted by atomic mass is 10.2. The third-order valence-corrected chi connectivity index (χ3v) is 7.45. The second-order valence-electron chi connectivity index (χ2n) is 6.17. The van der Waals surface area contributed by atoms with Crippen LogP contribution in [0.5, 0.6) is 0 Å². The van der Waals surface area contributed by atoms with E-state index < -0.39 is 10.0 Å². The predicted octanol–water partition coefficient (Wildman–Crippen LogP) is 3.12. The molecule has 10 heteroatoms. The summed E-state index contributed by atoms with van der Waals surface area (Å²) in [5.74, 6) is 6.51. The van der Waals surface area contributed by atoms with Gasteiger partial charge in [-0.05, 0) is 23.8 Å². The van der Waals surface area contributed by atoms with Crippen molar-refractivity contribution in [3.8, 4) is 11.4 Å². The fraction of sp³-hybridized carbons (Fsp3) is 0.263. The number of rotatable bonds is 8. The van der Waals surface area contributed by atoms with E-state index in [-0.39, 0.29) is 10.7 Å². The average Bonchev–Trinajstić information content (AvgIpc) is 3.08. The lowest BCUT2D eigenvalue weighted by Gasteiger charge is -2.18. The molecule has 0 saturated heterocycles. The van der Waals surface area contributed by atoms with Crippen molar-refractivity contribution in [1.82, 2.24) is 19.2 Å². The van der Waals surface area contributed by atoms with Crippen molar-refractivity contribution in [3.63, 3.8) is 0 Å². The molecule has 2 aromatic carbocycles. The molecule has 0 aliphatic rings. The highest BCUT2D eigenvalue weighted by molar-refractivity contribution is 7.98. The summed E-state index contributed by atoms with van der Waals surface area (Å²) in [7, 11) is -3.60. The Kier molecular flexibility index (Phi) is 6.56. The van der Waals surface area contributed by atoms with Crippen LogP contribution in [0.4, 0.5) is 4.39 Å². The van der Waals surface area contributed by atoms with Crippen LogP contribution >= 0.6 is 11.8 Å². The fourth-order valence-electron chi connectivity index (χ4n) is 2.84. The maximum absolute atomic E-state index is 13.8. The normalized spacial score (nSPS) is 11.9. The van der Waals surface area contributed by atoms with Crippen LogP contribution in [-0.2, 0) is 15.8 Å². The molecule has 3 rings (SSSR count). The molecular weight excluding hydrogens is 413 g/mol. The largest absolute Gasteiger partial charge is 0.335 e. The van der Waals surface area contributed by atoms with E-state index in [2.05, 4.69) is 10.2 Å². The summed E-state index contributed by atoms with van der Waals surface area (Å²) in [6.07, 6.45) is 0. The highest BCUT2D eigenvalue weighted by Crippen LogP contribution is 2.27. The van der Waals surface area contributed by atoms with Crippen molar-refractivity contribution in [2.45, 2.75) is 29.7 Å². The van der Waals surface area contributed by atoms with E-state index in [0.717, 1.165) is 0 Å². The van der Waals surface area contributed by atoms with Crippen molar-refractivity contribution >= 4 is 21.8 Å². The minimum Gasteiger partial charge on any atom is -0.335 e. The molecule has 7 nitrogen and oxygen atoms in total. The van der Waals surface area contributed by atoms with Crippen LogP contribution in [0.25, 0.3) is 11.4 Å². The number of nitrogens with zero attached hydrogens (tertiary/aromatic N) is 4. The summed E-state index contributed by atoms with van der Waals surface area (Å²) >= 11 is 1.25. The lowest BCUT2D eigenvalue weighted by molar-refractivity contribution is 0.445. The second-order valence-corrected chi connectivity index (χ2v) is 9.05. The average molecular weight is 436 g/mol. The van der Waals surface area contributed by atoms with Crippen molar-refractivity contribution in [2.75, 3.05) is 18.9 Å². The SMILES string of the molecule is CCN(CC)S(=O)(=O)c1cccc(-c2nnc(SCc3ccccc3F)n2N)c1. The number of benzene rings is 2. The quantitative estimate of drug-likeness (QED) is 0.432. The number of thioether (sulfide) groups is 1. The molecule has 0 spiro atoms. The van der Waals surface area contributed by atoms with Crippen molar-refractivity contribution in [1.29, 1.82) is 0 Å². The molecule has 0 radical (unpaired) electrons. The number of sulfonamides is 1. The zero-order valence-corrected chi connectivity index (χ0v) is 17.8. The molecule has 3 aromatic rings. The van der Waals surface area contributed by atoms with E-state index >= 15 is 0 Å². The van der Waals surface area contributed by atoms with Crippen molar-refractivity contribution in [2.24, 2.45) is 0 Å². The molecule has 0 saturated carbocycles. The summed E-state index contributed by atoms with van der Waals surface area (Å²) in [6.45, 7) is 4.35. The van der Waals surface area contributed by atoms with Gasteiger partial charge in [-0.15, -0.1) is 10.2 Å². The first kappa shape index (κ1) is 21.3. The topological polar surface area (TPSA) is 94.1 Å². The van der Waals surface area contributed by atoms with E-state index in [1.54, 1.807) is 50.2 Å². The minimum absolute atomic E-state index is 0.169. The highest BCUT2D eigenvalue weighted by atomic mass is 32.2. The van der Waals surface area contributed by atoms with Gasteiger partial charge in [-0.2, -0.15) is 4.31 Å². The summed E-state index contributed by atoms with van der Waals surface area (Å²) in [6, 6.07) is 12.9. The molecule has 0 amide bonds. The van der Waals surface area contributed by atoms with Gasteiger partial charge in [-0.25, -0.2) is 17.5 Å². The van der Waals surface area contributed by atoms with E-state index in [1.165, 1.54) is 32.9 Å². The van der Waals surface area contributed by atoms with Gasteiger partial charge in [0.1, 0.15) is 5.82 Å². The smallest absolute Gasteiger partial charge is 0.243 e. The Morgan fingerprint density at radius 3 is 2.52 bits per heavy atom. The molecule has 1 heterocycles. The Balaban J connectivity index is 1.86. The second kappa shape index (κ2) is 8.93. The Morgan fingerprint density at radius 1 is 1.10 bits per heavy atom. The van der Waals surface area contributed by atoms with E-state index in [9.17, 15) is 12.8 Å². The fourth-order valence-corrected chi connectivity index (χ4v) is 5.19. The first-order valence-corrected chi connectivity index (χ1v) is 11.5. The van der Waals surface area contributed by atoms with Gasteiger partial charge in [0.05, 0.1) is 4.90 Å². The molecule has 1 aromatic heterocycles. The summed E-state index contributed by atoms with van der Waals surface area (Å²) in [4.78, 5) is 0.169. The zero-order chi connectivity index (χ0) is 21.0. The van der Waals surface area contributed by atoms with Crippen LogP contribution in [0.2, 0.25) is 0 Å². The Morgan fingerprint density at radius 2 is 1.83 bits per heavy atom. The lowest BCUT2D eigenvalue weighted by Crippen LogP contribution is -2.30. The number of nitrogen functional groups attached to an aromatic ring is 1. The molecule has 0 fully saturated rings. The Hall–Kier alpha value is -2.43. The van der Waals surface area contributed by atoms with Crippen molar-refractivity contribution < 1.29 is 12.8 Å². The molecule has 154 valence electrons. The maximum Gasteiger partial charge on any atom is 0.243 e. The van der Waals surface area contributed by atoms with Gasteiger partial charge in [0.25, 0.3) is 0 Å². The van der Waals surface area contributed by atoms with Gasteiger partial charge in [-0.1, -0.05) is 55.9 Å². The number of hydrogen-bond donors (Lipinski definition) is 1. The number of halogens is 1. The van der Waals surface area contributed by atoms with Crippen LogP contribution < -0.4 is 5.84 Å². The van der Waals surface area contributed by atoms with Crippen LogP contribution in [0, 0.1) is 5.82 Å². The van der Waals surface area contributed by atoms with Gasteiger partial charge in [-0.3, -0.25) is 0 Å². The third kappa shape index (κ3) is 4.44. The molecular formula is C19H22FN5O2S2. The summed E-state index contributed by atoms with van der Waals surface area (Å²) < 4.78 is 42.0. The Bertz CT molecular complexity index is 1100. The van der Waals surface area contributed by atoms with Crippen molar-refractivity contribution in [3.05, 3.63) is 59.9 Å². The van der Waals surface area contributed by atoms with Gasteiger partial charge >= 0.3 is 0 Å². The number of nitrogens with two attached hydrogens (primary N) is 1. The predicted molar refractivity (Wildman–Crippen MR) is 112 cm³/mol. The molecule has 0 unspecified atom stereocenters. The maximum atomic E-state index is 13.8. The standard InChI is InChI=1S/C19H22FN5O2S2/c1-3-24(4-2)29(26,27)16-10-7-9-14(12-16)18-22-23-19(25(18)21)28-13-15-8-5-6-11-17(15)20/h5-12H,3-4,13,21H2,1-2H3. The van der Waals surface area contributed by atoms with Gasteiger partial charge in [0.15, 0.2) is 5.82 Å². The number of hydrogen-bond acceptors (Lipinski definition) is 6. The van der Waals surface area contributed by atoms with E-state index in [1.807, 2.05) is 0 Å². The highest BCUT2D eigenvalue weighted by Gasteiger charge is 2.23. The summed E-state index contributed by atoms with van der Waals surface area (Å²) in [5.41, 5.74) is 1.07. The van der Waals surface area contributed by atoms with E-state index in [4.69, 9.17) is 5.84 Å². The molecule has 2 N–H and O–H groups in total. The van der Waals surface area contributed by atoms with Crippen LogP contribution in [0.1, 0.15) is 19.4 Å². The first-order chi connectivity index (χ1) is 13.9. The first-order valence-electron chi connectivity index (χ1n) is 9.05. The van der Waals surface area contributed by atoms with Gasteiger partial charge in [0, 0.05) is 24.4 Å². The molecule has 0 aliphatic heterocycles. The van der Waals surface area contributed by atoms with Crippen LogP contribution in [0.3, 0.4) is 0 Å². The minimum atomic E-state index is -3.60. The van der Waals surface area contributed by atoms with Crippen LogP contribution in [-0.4, -0.2) is 40.7 Å².